The number of esters is 1. The number of ether oxygens (including phenoxy) is 2. The fourth-order valence-electron chi connectivity index (χ4n) is 4.05. The van der Waals surface area contributed by atoms with E-state index in [9.17, 15) is 19.5 Å². The summed E-state index contributed by atoms with van der Waals surface area (Å²) in [5, 5.41) is 11.3. The maximum Gasteiger partial charge on any atom is 0.337 e. The fraction of sp³-hybridized carbons (Fsp3) is 0.148. The molecule has 7 nitrogen and oxygen atoms in total. The lowest BCUT2D eigenvalue weighted by Gasteiger charge is -2.26. The van der Waals surface area contributed by atoms with E-state index in [1.807, 2.05) is 6.92 Å². The van der Waals surface area contributed by atoms with Crippen LogP contribution in [0.4, 0.5) is 5.69 Å². The Bertz CT molecular complexity index is 1360. The van der Waals surface area contributed by atoms with Gasteiger partial charge in [-0.25, -0.2) is 4.79 Å². The average molecular weight is 536 g/mol. The summed E-state index contributed by atoms with van der Waals surface area (Å²) < 4.78 is 10.9. The molecule has 1 unspecified atom stereocenters. The Balaban J connectivity index is 1.92. The minimum atomic E-state index is -0.918. The van der Waals surface area contributed by atoms with Gasteiger partial charge in [0.2, 0.25) is 0 Å². The zero-order chi connectivity index (χ0) is 25.3. The predicted molar refractivity (Wildman–Crippen MR) is 134 cm³/mol. The molecule has 1 heterocycles. The molecule has 1 aliphatic heterocycles. The van der Waals surface area contributed by atoms with Crippen LogP contribution in [0.5, 0.6) is 5.75 Å². The van der Waals surface area contributed by atoms with Gasteiger partial charge in [-0.05, 0) is 66.6 Å². The number of nitrogens with zero attached hydrogens (tertiary/aromatic N) is 1. The zero-order valence-electron chi connectivity index (χ0n) is 19.2. The number of amides is 1. The normalized spacial score (nSPS) is 16.9. The third-order valence-corrected chi connectivity index (χ3v) is 6.74. The third-order valence-electron chi connectivity index (χ3n) is 5.85. The van der Waals surface area contributed by atoms with Gasteiger partial charge in [-0.2, -0.15) is 0 Å². The molecule has 0 bridgehead atoms. The van der Waals surface area contributed by atoms with Crippen LogP contribution in [-0.4, -0.2) is 37.0 Å². The van der Waals surface area contributed by atoms with Gasteiger partial charge in [0.05, 0.1) is 31.4 Å². The standard InChI is InChI=1S/C27H22BrNO6/c1-15-13-18(9-12-21(15)28)24(30)22-23(17-5-4-6-20(14-17)34-2)29(26(32)25(22)31)19-10-7-16(8-11-19)27(33)35-3/h4-14,23,30H,1-3H3/b24-22-. The number of hydrogen-bond donors (Lipinski definition) is 1. The fourth-order valence-corrected chi connectivity index (χ4v) is 4.30. The number of halogens is 1. The van der Waals surface area contributed by atoms with Crippen LogP contribution in [0.2, 0.25) is 0 Å². The molecule has 4 rings (SSSR count). The van der Waals surface area contributed by atoms with E-state index in [0.717, 1.165) is 10.0 Å². The number of Topliss-reactive ketones (excluding diaryl/α,β-unsaturated/α-hetero) is 1. The number of aryl methyl sites for hydroxylation is 1. The van der Waals surface area contributed by atoms with Crippen LogP contribution in [-0.2, 0) is 14.3 Å². The second-order valence-corrected chi connectivity index (χ2v) is 8.80. The van der Waals surface area contributed by atoms with E-state index in [-0.39, 0.29) is 11.3 Å². The first-order valence-corrected chi connectivity index (χ1v) is 11.5. The smallest absolute Gasteiger partial charge is 0.337 e. The van der Waals surface area contributed by atoms with E-state index in [4.69, 9.17) is 9.47 Å². The Morgan fingerprint density at radius 3 is 2.29 bits per heavy atom. The van der Waals surface area contributed by atoms with Crippen molar-refractivity contribution in [2.45, 2.75) is 13.0 Å². The Kier molecular flexibility index (Phi) is 6.75. The van der Waals surface area contributed by atoms with Crippen molar-refractivity contribution in [3.05, 3.63) is 99.0 Å². The van der Waals surface area contributed by atoms with Gasteiger partial charge in [-0.3, -0.25) is 14.5 Å². The van der Waals surface area contributed by atoms with E-state index in [0.29, 0.717) is 28.1 Å². The minimum absolute atomic E-state index is 0.0398. The van der Waals surface area contributed by atoms with Crippen LogP contribution in [0.25, 0.3) is 5.76 Å². The maximum absolute atomic E-state index is 13.3. The van der Waals surface area contributed by atoms with Crippen LogP contribution < -0.4 is 9.64 Å². The number of methoxy groups -OCH3 is 2. The summed E-state index contributed by atoms with van der Waals surface area (Å²) >= 11 is 3.44. The Hall–Kier alpha value is -3.91. The molecule has 0 aliphatic carbocycles. The first kappa shape index (κ1) is 24.2. The number of hydrogen-bond acceptors (Lipinski definition) is 6. The molecule has 3 aromatic rings. The average Bonchev–Trinajstić information content (AvgIpc) is 3.15. The van der Waals surface area contributed by atoms with Gasteiger partial charge in [-0.15, -0.1) is 0 Å². The third kappa shape index (κ3) is 4.44. The lowest BCUT2D eigenvalue weighted by Crippen LogP contribution is -2.29. The predicted octanol–water partition coefficient (Wildman–Crippen LogP) is 5.18. The summed E-state index contributed by atoms with van der Waals surface area (Å²) in [5.41, 5.74) is 2.50. The van der Waals surface area contributed by atoms with Crippen LogP contribution >= 0.6 is 15.9 Å². The summed E-state index contributed by atoms with van der Waals surface area (Å²) in [6.07, 6.45) is 0. The van der Waals surface area contributed by atoms with E-state index in [1.165, 1.54) is 31.3 Å². The lowest BCUT2D eigenvalue weighted by atomic mass is 9.94. The second kappa shape index (κ2) is 9.76. The Morgan fingerprint density at radius 1 is 0.971 bits per heavy atom. The first-order valence-electron chi connectivity index (χ1n) is 10.7. The lowest BCUT2D eigenvalue weighted by molar-refractivity contribution is -0.132. The van der Waals surface area contributed by atoms with Crippen LogP contribution in [0.15, 0.2) is 76.8 Å². The molecule has 0 spiro atoms. The van der Waals surface area contributed by atoms with Gasteiger partial charge in [0.1, 0.15) is 11.5 Å². The highest BCUT2D eigenvalue weighted by molar-refractivity contribution is 9.10. The molecule has 0 radical (unpaired) electrons. The summed E-state index contributed by atoms with van der Waals surface area (Å²) in [5.74, 6) is -1.87. The largest absolute Gasteiger partial charge is 0.507 e. The molecule has 1 aliphatic rings. The molecule has 0 saturated carbocycles. The number of aliphatic hydroxyl groups excluding tert-OH is 1. The van der Waals surface area contributed by atoms with Crippen molar-refractivity contribution in [2.24, 2.45) is 0 Å². The summed E-state index contributed by atoms with van der Waals surface area (Å²) in [4.78, 5) is 39.7. The molecular weight excluding hydrogens is 514 g/mol. The van der Waals surface area contributed by atoms with Crippen LogP contribution in [0, 0.1) is 6.92 Å². The molecule has 1 saturated heterocycles. The quantitative estimate of drug-likeness (QED) is 0.209. The summed E-state index contributed by atoms with van der Waals surface area (Å²) in [7, 11) is 2.80. The topological polar surface area (TPSA) is 93.1 Å². The highest BCUT2D eigenvalue weighted by Crippen LogP contribution is 2.43. The highest BCUT2D eigenvalue weighted by atomic mass is 79.9. The number of carbonyl (C=O) groups is 3. The summed E-state index contributed by atoms with van der Waals surface area (Å²) in [6, 6.07) is 17.4. The molecule has 3 aromatic carbocycles. The number of anilines is 1. The zero-order valence-corrected chi connectivity index (χ0v) is 20.8. The minimum Gasteiger partial charge on any atom is -0.507 e. The Labute approximate surface area is 210 Å². The molecule has 1 N–H and O–H groups in total. The van der Waals surface area contributed by atoms with Crippen LogP contribution in [0.1, 0.15) is 33.1 Å². The van der Waals surface area contributed by atoms with E-state index < -0.39 is 23.7 Å². The van der Waals surface area contributed by atoms with Gasteiger partial charge in [-0.1, -0.05) is 34.1 Å². The maximum atomic E-state index is 13.3. The molecule has 8 heteroatoms. The second-order valence-electron chi connectivity index (χ2n) is 7.95. The van der Waals surface area contributed by atoms with E-state index in [1.54, 1.807) is 54.6 Å². The number of benzene rings is 3. The van der Waals surface area contributed by atoms with E-state index >= 15 is 0 Å². The number of rotatable bonds is 5. The number of carbonyl (C=O) groups excluding carboxylic acids is 3. The first-order chi connectivity index (χ1) is 16.8. The monoisotopic (exact) mass is 535 g/mol. The molecule has 1 atom stereocenters. The summed E-state index contributed by atoms with van der Waals surface area (Å²) in [6.45, 7) is 1.86. The molecular formula is C27H22BrNO6. The molecule has 1 fully saturated rings. The van der Waals surface area contributed by atoms with Crippen LogP contribution in [0.3, 0.4) is 0 Å². The van der Waals surface area contributed by atoms with Gasteiger partial charge in [0.25, 0.3) is 11.7 Å². The highest BCUT2D eigenvalue weighted by Gasteiger charge is 2.47. The van der Waals surface area contributed by atoms with Crippen molar-refractivity contribution >= 4 is 45.0 Å². The van der Waals surface area contributed by atoms with E-state index in [2.05, 4.69) is 15.9 Å². The Morgan fingerprint density at radius 2 is 1.66 bits per heavy atom. The van der Waals surface area contributed by atoms with Gasteiger partial charge >= 0.3 is 5.97 Å². The molecule has 0 aromatic heterocycles. The number of ketones is 1. The number of aliphatic hydroxyl groups is 1. The van der Waals surface area contributed by atoms with Crippen molar-refractivity contribution in [2.75, 3.05) is 19.1 Å². The van der Waals surface area contributed by atoms with Crippen molar-refractivity contribution < 1.29 is 29.0 Å². The van der Waals surface area contributed by atoms with Crippen molar-refractivity contribution in [3.8, 4) is 5.75 Å². The van der Waals surface area contributed by atoms with Gasteiger partial charge < -0.3 is 14.6 Å². The SMILES string of the molecule is COC(=O)c1ccc(N2C(=O)C(=O)/C(=C(\O)c3ccc(Br)c(C)c3)C2c2cccc(OC)c2)cc1. The molecule has 1 amide bonds. The molecule has 35 heavy (non-hydrogen) atoms. The van der Waals surface area contributed by atoms with Crippen molar-refractivity contribution in [3.63, 3.8) is 0 Å². The van der Waals surface area contributed by atoms with Gasteiger partial charge in [0, 0.05) is 15.7 Å². The van der Waals surface area contributed by atoms with Gasteiger partial charge in [0.15, 0.2) is 0 Å². The van der Waals surface area contributed by atoms with Crippen molar-refractivity contribution in [1.29, 1.82) is 0 Å². The molecule has 178 valence electrons. The van der Waals surface area contributed by atoms with Crippen molar-refractivity contribution in [1.82, 2.24) is 0 Å².